The van der Waals surface area contributed by atoms with Crippen LogP contribution in [-0.2, 0) is 4.79 Å². The summed E-state index contributed by atoms with van der Waals surface area (Å²) in [6.45, 7) is 3.84. The van der Waals surface area contributed by atoms with E-state index in [0.717, 1.165) is 31.6 Å². The van der Waals surface area contributed by atoms with Crippen molar-refractivity contribution in [1.82, 2.24) is 5.32 Å². The molecule has 0 bridgehead atoms. The lowest BCUT2D eigenvalue weighted by molar-refractivity contribution is -0.125. The summed E-state index contributed by atoms with van der Waals surface area (Å²) in [4.78, 5) is 12.0. The Hall–Kier alpha value is -0.870. The number of amides is 1. The van der Waals surface area contributed by atoms with Crippen molar-refractivity contribution in [3.8, 4) is 0 Å². The van der Waals surface area contributed by atoms with E-state index in [9.17, 15) is 4.79 Å². The van der Waals surface area contributed by atoms with E-state index in [0.29, 0.717) is 0 Å². The fraction of sp³-hybridized carbons (Fsp3) is 0.545. The number of thiophene rings is 1. The number of rotatable bonds is 2. The molecule has 82 valence electrons. The zero-order valence-corrected chi connectivity index (χ0v) is 9.69. The highest BCUT2D eigenvalue weighted by Gasteiger charge is 2.34. The lowest BCUT2D eigenvalue weighted by atomic mass is 9.82. The molecule has 2 heterocycles. The molecule has 4 heteroatoms. The van der Waals surface area contributed by atoms with E-state index in [1.165, 1.54) is 0 Å². The van der Waals surface area contributed by atoms with E-state index in [-0.39, 0.29) is 11.3 Å². The molecule has 1 saturated heterocycles. The summed E-state index contributed by atoms with van der Waals surface area (Å²) >= 11 is 1.60. The van der Waals surface area contributed by atoms with Crippen molar-refractivity contribution in [3.05, 3.63) is 16.8 Å². The van der Waals surface area contributed by atoms with Gasteiger partial charge in [-0.2, -0.15) is 11.3 Å². The van der Waals surface area contributed by atoms with Gasteiger partial charge in [-0.3, -0.25) is 4.79 Å². The Morgan fingerprint density at radius 2 is 2.53 bits per heavy atom. The third-order valence-electron chi connectivity index (χ3n) is 2.92. The fourth-order valence-electron chi connectivity index (χ4n) is 1.87. The summed E-state index contributed by atoms with van der Waals surface area (Å²) in [6.07, 6.45) is 2.05. The number of carbonyl (C=O) groups is 1. The van der Waals surface area contributed by atoms with Crippen LogP contribution in [0, 0.1) is 5.41 Å². The zero-order chi connectivity index (χ0) is 10.7. The first-order chi connectivity index (χ1) is 7.21. The molecule has 0 saturated carbocycles. The average Bonchev–Trinajstić information content (AvgIpc) is 2.71. The highest BCUT2D eigenvalue weighted by Crippen LogP contribution is 2.27. The van der Waals surface area contributed by atoms with Gasteiger partial charge in [0.1, 0.15) is 0 Å². The van der Waals surface area contributed by atoms with Gasteiger partial charge >= 0.3 is 0 Å². The van der Waals surface area contributed by atoms with Gasteiger partial charge in [-0.25, -0.2) is 0 Å². The molecule has 0 aliphatic carbocycles. The smallest absolute Gasteiger partial charge is 0.231 e. The Labute approximate surface area is 93.9 Å². The Morgan fingerprint density at radius 3 is 3.13 bits per heavy atom. The van der Waals surface area contributed by atoms with E-state index in [2.05, 4.69) is 10.6 Å². The van der Waals surface area contributed by atoms with E-state index < -0.39 is 0 Å². The van der Waals surface area contributed by atoms with E-state index in [1.54, 1.807) is 11.3 Å². The first kappa shape index (κ1) is 10.6. The van der Waals surface area contributed by atoms with Crippen LogP contribution >= 0.6 is 11.3 Å². The van der Waals surface area contributed by atoms with Crippen LogP contribution in [0.4, 0.5) is 5.69 Å². The molecule has 1 aliphatic heterocycles. The molecule has 0 spiro atoms. The molecule has 1 aromatic rings. The Balaban J connectivity index is 2.00. The van der Waals surface area contributed by atoms with Crippen molar-refractivity contribution in [3.63, 3.8) is 0 Å². The minimum Gasteiger partial charge on any atom is -0.325 e. The van der Waals surface area contributed by atoms with Crippen molar-refractivity contribution < 1.29 is 4.79 Å². The topological polar surface area (TPSA) is 41.1 Å². The number of anilines is 1. The van der Waals surface area contributed by atoms with Crippen LogP contribution in [0.5, 0.6) is 0 Å². The maximum Gasteiger partial charge on any atom is 0.231 e. The van der Waals surface area contributed by atoms with Gasteiger partial charge in [-0.15, -0.1) is 0 Å². The quantitative estimate of drug-likeness (QED) is 0.807. The number of carbonyl (C=O) groups excluding carboxylic acids is 1. The molecule has 1 amide bonds. The highest BCUT2D eigenvalue weighted by atomic mass is 32.1. The van der Waals surface area contributed by atoms with Crippen LogP contribution in [0.3, 0.4) is 0 Å². The van der Waals surface area contributed by atoms with Crippen LogP contribution in [-0.4, -0.2) is 19.0 Å². The Kier molecular flexibility index (Phi) is 3.07. The van der Waals surface area contributed by atoms with E-state index in [1.807, 2.05) is 23.8 Å². The molecular weight excluding hydrogens is 208 g/mol. The van der Waals surface area contributed by atoms with Crippen LogP contribution in [0.25, 0.3) is 0 Å². The number of nitrogens with one attached hydrogen (secondary N) is 2. The molecule has 1 fully saturated rings. The monoisotopic (exact) mass is 224 g/mol. The second-order valence-electron chi connectivity index (χ2n) is 4.31. The molecule has 3 nitrogen and oxygen atoms in total. The predicted octanol–water partition coefficient (Wildman–Crippen LogP) is 2.08. The summed E-state index contributed by atoms with van der Waals surface area (Å²) in [5.74, 6) is 0.133. The number of hydrogen-bond acceptors (Lipinski definition) is 3. The fourth-order valence-corrected chi connectivity index (χ4v) is 2.46. The first-order valence-electron chi connectivity index (χ1n) is 5.25. The summed E-state index contributed by atoms with van der Waals surface area (Å²) in [5, 5.41) is 10.2. The van der Waals surface area contributed by atoms with Crippen LogP contribution < -0.4 is 10.6 Å². The lowest BCUT2D eigenvalue weighted by Crippen LogP contribution is -2.45. The molecule has 1 unspecified atom stereocenters. The predicted molar refractivity (Wildman–Crippen MR) is 63.2 cm³/mol. The molecule has 1 atom stereocenters. The second-order valence-corrected chi connectivity index (χ2v) is 5.09. The third kappa shape index (κ3) is 2.38. The summed E-state index contributed by atoms with van der Waals surface area (Å²) < 4.78 is 0. The maximum atomic E-state index is 12.0. The SMILES string of the molecule is CC1(C(=O)Nc2ccsc2)CCCNC1. The van der Waals surface area contributed by atoms with Crippen molar-refractivity contribution >= 4 is 22.9 Å². The van der Waals surface area contributed by atoms with Gasteiger partial charge in [-0.1, -0.05) is 0 Å². The molecule has 1 aliphatic rings. The summed E-state index contributed by atoms with van der Waals surface area (Å²) in [6, 6.07) is 1.93. The molecule has 2 rings (SSSR count). The minimum atomic E-state index is -0.250. The van der Waals surface area contributed by atoms with Gasteiger partial charge in [0.25, 0.3) is 0 Å². The standard InChI is InChI=1S/C11H16N2OS/c1-11(4-2-5-12-8-11)10(14)13-9-3-6-15-7-9/h3,6-7,12H,2,4-5,8H2,1H3,(H,13,14). The van der Waals surface area contributed by atoms with Crippen LogP contribution in [0.1, 0.15) is 19.8 Å². The number of hydrogen-bond donors (Lipinski definition) is 2. The van der Waals surface area contributed by atoms with Crippen LogP contribution in [0.15, 0.2) is 16.8 Å². The molecule has 15 heavy (non-hydrogen) atoms. The first-order valence-corrected chi connectivity index (χ1v) is 6.19. The van der Waals surface area contributed by atoms with E-state index in [4.69, 9.17) is 0 Å². The molecule has 2 N–H and O–H groups in total. The van der Waals surface area contributed by atoms with Gasteiger partial charge in [0.2, 0.25) is 5.91 Å². The Morgan fingerprint density at radius 1 is 1.67 bits per heavy atom. The summed E-state index contributed by atoms with van der Waals surface area (Å²) in [5.41, 5.74) is 0.664. The van der Waals surface area contributed by atoms with Gasteiger partial charge < -0.3 is 10.6 Å². The van der Waals surface area contributed by atoms with Gasteiger partial charge in [-0.05, 0) is 37.8 Å². The molecule has 0 radical (unpaired) electrons. The van der Waals surface area contributed by atoms with Crippen molar-refractivity contribution in [2.45, 2.75) is 19.8 Å². The van der Waals surface area contributed by atoms with Gasteiger partial charge in [0.05, 0.1) is 11.1 Å². The van der Waals surface area contributed by atoms with Gasteiger partial charge in [0.15, 0.2) is 0 Å². The van der Waals surface area contributed by atoms with Gasteiger partial charge in [0, 0.05) is 11.9 Å². The molecule has 0 aromatic carbocycles. The summed E-state index contributed by atoms with van der Waals surface area (Å²) in [7, 11) is 0. The molecule has 1 aromatic heterocycles. The maximum absolute atomic E-state index is 12.0. The zero-order valence-electron chi connectivity index (χ0n) is 8.88. The van der Waals surface area contributed by atoms with Crippen LogP contribution in [0.2, 0.25) is 0 Å². The Bertz CT molecular complexity index is 328. The normalized spacial score (nSPS) is 26.2. The highest BCUT2D eigenvalue weighted by molar-refractivity contribution is 7.08. The average molecular weight is 224 g/mol. The van der Waals surface area contributed by atoms with Crippen molar-refractivity contribution in [1.29, 1.82) is 0 Å². The number of piperidine rings is 1. The van der Waals surface area contributed by atoms with Crippen molar-refractivity contribution in [2.75, 3.05) is 18.4 Å². The van der Waals surface area contributed by atoms with Crippen molar-refractivity contribution in [2.24, 2.45) is 5.41 Å². The minimum absolute atomic E-state index is 0.133. The lowest BCUT2D eigenvalue weighted by Gasteiger charge is -2.32. The molecular formula is C11H16N2OS. The second kappa shape index (κ2) is 4.33. The largest absolute Gasteiger partial charge is 0.325 e. The van der Waals surface area contributed by atoms with E-state index >= 15 is 0 Å². The third-order valence-corrected chi connectivity index (χ3v) is 3.61.